The molecule has 1 aromatic rings. The van der Waals surface area contributed by atoms with Gasteiger partial charge in [-0.3, -0.25) is 10.1 Å². The summed E-state index contributed by atoms with van der Waals surface area (Å²) in [4.78, 5) is 12.4. The Balaban J connectivity index is 2.04. The second kappa shape index (κ2) is 8.42. The summed E-state index contributed by atoms with van der Waals surface area (Å²) in [6.45, 7) is 0. The Bertz CT molecular complexity index is 539. The Labute approximate surface area is 164 Å². The Morgan fingerprint density at radius 1 is 1.18 bits per heavy atom. The van der Waals surface area contributed by atoms with Gasteiger partial charge in [0.15, 0.2) is 2.14 Å². The summed E-state index contributed by atoms with van der Waals surface area (Å²) in [5.74, 6) is -0.126. The molecular formula is C15H16Br4N2O. The number of hydrogen-bond donors (Lipinski definition) is 2. The highest BCUT2D eigenvalue weighted by Crippen LogP contribution is 2.36. The number of alkyl halides is 3. The van der Waals surface area contributed by atoms with Crippen molar-refractivity contribution in [2.75, 3.05) is 0 Å². The molecule has 0 saturated heterocycles. The maximum absolute atomic E-state index is 12.4. The molecule has 0 radical (unpaired) electrons. The van der Waals surface area contributed by atoms with Crippen molar-refractivity contribution in [3.8, 4) is 0 Å². The van der Waals surface area contributed by atoms with Crippen LogP contribution < -0.4 is 10.6 Å². The molecule has 2 unspecified atom stereocenters. The number of nitrogens with one attached hydrogen (secondary N) is 2. The number of benzene rings is 1. The molecule has 1 aromatic carbocycles. The average Bonchev–Trinajstić information content (AvgIpc) is 2.47. The molecule has 22 heavy (non-hydrogen) atoms. The van der Waals surface area contributed by atoms with Crippen LogP contribution in [0.25, 0.3) is 0 Å². The van der Waals surface area contributed by atoms with Gasteiger partial charge in [0.1, 0.15) is 6.17 Å². The lowest BCUT2D eigenvalue weighted by molar-refractivity contribution is 0.0928. The highest BCUT2D eigenvalue weighted by Gasteiger charge is 2.34. The zero-order valence-electron chi connectivity index (χ0n) is 11.7. The second-order valence-electron chi connectivity index (χ2n) is 5.10. The molecule has 2 N–H and O–H groups in total. The lowest BCUT2D eigenvalue weighted by atomic mass is 10.0. The van der Waals surface area contributed by atoms with Crippen LogP contribution in [0.4, 0.5) is 0 Å². The van der Waals surface area contributed by atoms with Gasteiger partial charge in [0.25, 0.3) is 5.91 Å². The molecule has 1 aliphatic carbocycles. The van der Waals surface area contributed by atoms with Crippen LogP contribution in [0.15, 0.2) is 40.9 Å². The van der Waals surface area contributed by atoms with Crippen molar-refractivity contribution >= 4 is 69.6 Å². The van der Waals surface area contributed by atoms with E-state index in [4.69, 9.17) is 0 Å². The average molecular weight is 560 g/mol. The van der Waals surface area contributed by atoms with Crippen LogP contribution in [-0.4, -0.2) is 20.3 Å². The molecule has 0 saturated carbocycles. The fraction of sp³-hybridized carbons (Fsp3) is 0.400. The van der Waals surface area contributed by atoms with Gasteiger partial charge >= 0.3 is 0 Å². The molecule has 0 heterocycles. The van der Waals surface area contributed by atoms with E-state index in [9.17, 15) is 4.79 Å². The minimum absolute atomic E-state index is 0.126. The number of rotatable bonds is 4. The van der Waals surface area contributed by atoms with E-state index in [0.29, 0.717) is 11.6 Å². The smallest absolute Gasteiger partial charge is 0.252 e. The highest BCUT2D eigenvalue weighted by molar-refractivity contribution is 9.39. The van der Waals surface area contributed by atoms with Crippen LogP contribution in [0.2, 0.25) is 0 Å². The molecular weight excluding hydrogens is 544 g/mol. The maximum atomic E-state index is 12.4. The Hall–Kier alpha value is 0.310. The van der Waals surface area contributed by atoms with Crippen molar-refractivity contribution in [3.63, 3.8) is 0 Å². The normalized spacial score (nSPS) is 19.7. The number of carbonyl (C=O) groups excluding carboxylic acids is 1. The number of allylic oxidation sites excluding steroid dienone is 1. The molecule has 7 heteroatoms. The SMILES string of the molecule is O=C(NC(NC1CC=CCC1)C(Br)(Br)Br)c1ccc(Br)cc1. The Morgan fingerprint density at radius 3 is 2.41 bits per heavy atom. The van der Waals surface area contributed by atoms with Gasteiger partial charge < -0.3 is 5.32 Å². The second-order valence-corrected chi connectivity index (χ2v) is 13.0. The molecule has 1 aliphatic rings. The fourth-order valence-corrected chi connectivity index (χ4v) is 3.22. The number of hydrogen-bond acceptors (Lipinski definition) is 2. The van der Waals surface area contributed by atoms with E-state index in [1.165, 1.54) is 0 Å². The van der Waals surface area contributed by atoms with Gasteiger partial charge in [-0.1, -0.05) is 75.9 Å². The molecule has 120 valence electrons. The van der Waals surface area contributed by atoms with Crippen molar-refractivity contribution in [1.82, 2.24) is 10.6 Å². The summed E-state index contributed by atoms with van der Waals surface area (Å²) < 4.78 is 0.336. The third kappa shape index (κ3) is 5.74. The first-order valence-corrected chi connectivity index (χ1v) is 10.1. The summed E-state index contributed by atoms with van der Waals surface area (Å²) >= 11 is 13.9. The first-order chi connectivity index (χ1) is 10.4. The minimum Gasteiger partial charge on any atom is -0.334 e. The van der Waals surface area contributed by atoms with Crippen molar-refractivity contribution < 1.29 is 4.79 Å². The molecule has 0 fully saturated rings. The van der Waals surface area contributed by atoms with Crippen molar-refractivity contribution in [1.29, 1.82) is 0 Å². The van der Waals surface area contributed by atoms with E-state index in [-0.39, 0.29) is 12.1 Å². The Morgan fingerprint density at radius 2 is 1.86 bits per heavy atom. The lowest BCUT2D eigenvalue weighted by Gasteiger charge is -2.32. The summed E-state index contributed by atoms with van der Waals surface area (Å²) in [6.07, 6.45) is 7.15. The fourth-order valence-electron chi connectivity index (χ4n) is 2.21. The summed E-state index contributed by atoms with van der Waals surface area (Å²) in [5.41, 5.74) is 0.621. The van der Waals surface area contributed by atoms with Crippen molar-refractivity contribution in [2.45, 2.75) is 33.6 Å². The minimum atomic E-state index is -0.612. The number of amides is 1. The molecule has 0 bridgehead atoms. The van der Waals surface area contributed by atoms with Gasteiger partial charge in [-0.25, -0.2) is 0 Å². The van der Waals surface area contributed by atoms with E-state index in [0.717, 1.165) is 23.7 Å². The monoisotopic (exact) mass is 556 g/mol. The van der Waals surface area contributed by atoms with Crippen LogP contribution in [0.1, 0.15) is 29.6 Å². The summed E-state index contributed by atoms with van der Waals surface area (Å²) in [5, 5.41) is 6.48. The molecule has 1 amide bonds. The molecule has 2 rings (SSSR count). The molecule has 0 spiro atoms. The lowest BCUT2D eigenvalue weighted by Crippen LogP contribution is -2.56. The Kier molecular flexibility index (Phi) is 7.14. The van der Waals surface area contributed by atoms with Crippen molar-refractivity contribution in [2.24, 2.45) is 0 Å². The quantitative estimate of drug-likeness (QED) is 0.308. The largest absolute Gasteiger partial charge is 0.334 e. The molecule has 0 aliphatic heterocycles. The van der Waals surface area contributed by atoms with Gasteiger partial charge in [-0.15, -0.1) is 0 Å². The molecule has 0 aromatic heterocycles. The van der Waals surface area contributed by atoms with Crippen LogP contribution in [0, 0.1) is 0 Å². The number of halogens is 4. The third-order valence-corrected chi connectivity index (χ3v) is 5.28. The predicted octanol–water partition coefficient (Wildman–Crippen LogP) is 5.04. The van der Waals surface area contributed by atoms with Crippen LogP contribution in [0.5, 0.6) is 0 Å². The van der Waals surface area contributed by atoms with Crippen LogP contribution in [-0.2, 0) is 0 Å². The van der Waals surface area contributed by atoms with E-state index in [1.54, 1.807) is 12.1 Å². The van der Waals surface area contributed by atoms with Crippen LogP contribution >= 0.6 is 63.7 Å². The van der Waals surface area contributed by atoms with Gasteiger partial charge in [0.2, 0.25) is 0 Å². The zero-order valence-corrected chi connectivity index (χ0v) is 18.0. The van der Waals surface area contributed by atoms with Gasteiger partial charge in [0, 0.05) is 16.1 Å². The number of carbonyl (C=O) groups is 1. The third-order valence-electron chi connectivity index (χ3n) is 3.38. The van der Waals surface area contributed by atoms with E-state index >= 15 is 0 Å². The van der Waals surface area contributed by atoms with Gasteiger partial charge in [-0.05, 0) is 43.5 Å². The summed E-state index contributed by atoms with van der Waals surface area (Å²) in [7, 11) is 0. The van der Waals surface area contributed by atoms with E-state index in [2.05, 4.69) is 86.5 Å². The van der Waals surface area contributed by atoms with Gasteiger partial charge in [-0.2, -0.15) is 0 Å². The van der Waals surface area contributed by atoms with E-state index < -0.39 is 2.14 Å². The first kappa shape index (κ1) is 18.6. The standard InChI is InChI=1S/C15H16Br4N2O/c16-11-8-6-10(7-9-11)13(22)21-14(15(17,18)19)20-12-4-2-1-3-5-12/h1-2,6-9,12,14,20H,3-5H2,(H,21,22). The zero-order chi connectivity index (χ0) is 16.2. The highest BCUT2D eigenvalue weighted by atomic mass is 80.0. The van der Waals surface area contributed by atoms with Crippen molar-refractivity contribution in [3.05, 3.63) is 46.5 Å². The van der Waals surface area contributed by atoms with Gasteiger partial charge in [0.05, 0.1) is 0 Å². The molecule has 2 atom stereocenters. The topological polar surface area (TPSA) is 41.1 Å². The first-order valence-electron chi connectivity index (χ1n) is 6.90. The van der Waals surface area contributed by atoms with E-state index in [1.807, 2.05) is 12.1 Å². The summed E-state index contributed by atoms with van der Waals surface area (Å²) in [6, 6.07) is 7.63. The molecule has 3 nitrogen and oxygen atoms in total. The maximum Gasteiger partial charge on any atom is 0.252 e. The van der Waals surface area contributed by atoms with Crippen LogP contribution in [0.3, 0.4) is 0 Å². The predicted molar refractivity (Wildman–Crippen MR) is 105 cm³/mol.